The van der Waals surface area contributed by atoms with Gasteiger partial charge in [0.05, 0.1) is 27.8 Å². The van der Waals surface area contributed by atoms with Crippen molar-refractivity contribution in [3.05, 3.63) is 98.7 Å². The normalized spacial score (nSPS) is 19.7. The largest absolute Gasteiger partial charge is 0.361 e. The van der Waals surface area contributed by atoms with Crippen LogP contribution in [-0.2, 0) is 9.84 Å². The third-order valence-corrected chi connectivity index (χ3v) is 10.4. The highest BCUT2D eigenvalue weighted by atomic mass is 35.5. The summed E-state index contributed by atoms with van der Waals surface area (Å²) >= 11 is 18.9. The molecule has 0 spiro atoms. The van der Waals surface area contributed by atoms with Crippen LogP contribution in [0.4, 0.5) is 10.1 Å². The first-order valence-corrected chi connectivity index (χ1v) is 15.2. The predicted octanol–water partition coefficient (Wildman–Crippen LogP) is 7.01. The van der Waals surface area contributed by atoms with Crippen LogP contribution < -0.4 is 4.90 Å². The first-order valence-electron chi connectivity index (χ1n) is 12.4. The smallest absolute Gasteiger partial charge is 0.153 e. The lowest BCUT2D eigenvalue weighted by molar-refractivity contribution is 0.214. The fourth-order valence-corrected chi connectivity index (χ4v) is 7.75. The maximum atomic E-state index is 13.7. The van der Waals surface area contributed by atoms with Gasteiger partial charge in [-0.2, -0.15) is 0 Å². The number of sulfone groups is 1. The highest BCUT2D eigenvalue weighted by Crippen LogP contribution is 2.38. The van der Waals surface area contributed by atoms with Gasteiger partial charge in [0.25, 0.3) is 0 Å². The van der Waals surface area contributed by atoms with Gasteiger partial charge in [-0.3, -0.25) is 4.90 Å². The van der Waals surface area contributed by atoms with Crippen LogP contribution >= 0.6 is 34.8 Å². The highest BCUT2D eigenvalue weighted by molar-refractivity contribution is 7.92. The summed E-state index contributed by atoms with van der Waals surface area (Å²) < 4.78 is 39.6. The zero-order valence-corrected chi connectivity index (χ0v) is 23.2. The molecule has 0 bridgehead atoms. The van der Waals surface area contributed by atoms with Crippen molar-refractivity contribution >= 4 is 50.3 Å². The van der Waals surface area contributed by atoms with Crippen LogP contribution in [0.1, 0.15) is 35.9 Å². The molecule has 1 saturated carbocycles. The minimum Gasteiger partial charge on any atom is -0.361 e. The second kappa shape index (κ2) is 11.1. The summed E-state index contributed by atoms with van der Waals surface area (Å²) in [6, 6.07) is 19.5. The number of anilines is 1. The Morgan fingerprint density at radius 3 is 2.22 bits per heavy atom. The van der Waals surface area contributed by atoms with E-state index in [0.29, 0.717) is 34.7 Å². The number of hydrogen-bond donors (Lipinski definition) is 0. The second-order valence-corrected chi connectivity index (χ2v) is 13.5. The molecule has 0 aromatic heterocycles. The molecule has 9 heteroatoms. The standard InChI is InChI=1S/C28H28Cl3FN2O2S/c29-22-5-1-20(2-6-22)28-17-33(13-14-34(28)27-12-7-23(30)15-26(27)31)16-21(18-37(35,36)25-10-11-25)19-3-8-24(32)9-4-19/h1-9,12,15,21,25,28H,10-11,13-14,16-18H2/t21-,28+/m1/s1. The minimum absolute atomic E-state index is 0.0291. The van der Waals surface area contributed by atoms with Crippen molar-refractivity contribution in [3.63, 3.8) is 0 Å². The van der Waals surface area contributed by atoms with Crippen molar-refractivity contribution in [2.24, 2.45) is 0 Å². The van der Waals surface area contributed by atoms with Gasteiger partial charge in [0.15, 0.2) is 9.84 Å². The average molecular weight is 582 g/mol. The Bertz CT molecular complexity index is 1350. The molecule has 2 fully saturated rings. The van der Waals surface area contributed by atoms with E-state index in [1.54, 1.807) is 18.2 Å². The SMILES string of the molecule is O=S(=O)(C[C@@H](CN1CCN(c2ccc(Cl)cc2Cl)[C@H](c2ccc(Cl)cc2)C1)c1ccc(F)cc1)C1CC1. The summed E-state index contributed by atoms with van der Waals surface area (Å²) in [6.45, 7) is 2.65. The topological polar surface area (TPSA) is 40.6 Å². The minimum atomic E-state index is -3.20. The van der Waals surface area contributed by atoms with Crippen LogP contribution in [0.25, 0.3) is 0 Å². The average Bonchev–Trinajstić information content (AvgIpc) is 3.71. The van der Waals surface area contributed by atoms with Crippen molar-refractivity contribution in [2.75, 3.05) is 36.8 Å². The number of halogens is 4. The summed E-state index contributed by atoms with van der Waals surface area (Å²) in [4.78, 5) is 4.57. The van der Waals surface area contributed by atoms with Crippen LogP contribution in [-0.4, -0.2) is 50.5 Å². The van der Waals surface area contributed by atoms with Crippen molar-refractivity contribution in [3.8, 4) is 0 Å². The molecule has 0 amide bonds. The summed E-state index contributed by atoms with van der Waals surface area (Å²) in [5.41, 5.74) is 2.83. The van der Waals surface area contributed by atoms with Gasteiger partial charge >= 0.3 is 0 Å². The Morgan fingerprint density at radius 1 is 0.892 bits per heavy atom. The molecule has 2 atom stereocenters. The molecular formula is C28H28Cl3FN2O2S. The van der Waals surface area contributed by atoms with Crippen molar-refractivity contribution in [2.45, 2.75) is 30.1 Å². The Labute approximate surface area is 232 Å². The fourth-order valence-electron chi connectivity index (χ4n) is 5.12. The molecule has 0 radical (unpaired) electrons. The lowest BCUT2D eigenvalue weighted by atomic mass is 9.97. The van der Waals surface area contributed by atoms with Gasteiger partial charge in [0, 0.05) is 42.1 Å². The van der Waals surface area contributed by atoms with E-state index in [-0.39, 0.29) is 28.8 Å². The summed E-state index contributed by atoms with van der Waals surface area (Å²) in [6.07, 6.45) is 1.47. The molecule has 0 unspecified atom stereocenters. The molecule has 1 aliphatic heterocycles. The van der Waals surface area contributed by atoms with Gasteiger partial charge in [-0.1, -0.05) is 59.1 Å². The molecule has 0 N–H and O–H groups in total. The summed E-state index contributed by atoms with van der Waals surface area (Å²) in [5, 5.41) is 1.59. The molecule has 4 nitrogen and oxygen atoms in total. The van der Waals surface area contributed by atoms with Crippen molar-refractivity contribution in [1.29, 1.82) is 0 Å². The number of piperazine rings is 1. The first kappa shape index (κ1) is 26.8. The quantitative estimate of drug-likeness (QED) is 0.287. The van der Waals surface area contributed by atoms with Gasteiger partial charge in [-0.25, -0.2) is 12.8 Å². The molecule has 5 rings (SSSR count). The van der Waals surface area contributed by atoms with Crippen LogP contribution in [0.2, 0.25) is 15.1 Å². The molecule has 2 aliphatic rings. The molecular weight excluding hydrogens is 554 g/mol. The second-order valence-electron chi connectivity index (χ2n) is 9.89. The lowest BCUT2D eigenvalue weighted by Gasteiger charge is -2.44. The van der Waals surface area contributed by atoms with Gasteiger partial charge in [0.1, 0.15) is 5.82 Å². The molecule has 1 saturated heterocycles. The van der Waals surface area contributed by atoms with E-state index in [1.165, 1.54) is 12.1 Å². The third-order valence-electron chi connectivity index (χ3n) is 7.22. The fraction of sp³-hybridized carbons (Fsp3) is 0.357. The highest BCUT2D eigenvalue weighted by Gasteiger charge is 2.38. The third kappa shape index (κ3) is 6.43. The van der Waals surface area contributed by atoms with Crippen LogP contribution in [0, 0.1) is 5.82 Å². The van der Waals surface area contributed by atoms with Gasteiger partial charge in [0.2, 0.25) is 0 Å². The van der Waals surface area contributed by atoms with E-state index in [1.807, 2.05) is 36.4 Å². The Hall–Kier alpha value is -1.83. The molecule has 37 heavy (non-hydrogen) atoms. The van der Waals surface area contributed by atoms with Crippen molar-refractivity contribution in [1.82, 2.24) is 4.90 Å². The Kier molecular flexibility index (Phi) is 8.04. The van der Waals surface area contributed by atoms with Crippen LogP contribution in [0.15, 0.2) is 66.7 Å². The monoisotopic (exact) mass is 580 g/mol. The zero-order valence-electron chi connectivity index (χ0n) is 20.2. The summed E-state index contributed by atoms with van der Waals surface area (Å²) in [5.74, 6) is -0.510. The molecule has 1 heterocycles. The molecule has 3 aromatic rings. The Balaban J connectivity index is 1.43. The molecule has 3 aromatic carbocycles. The van der Waals surface area contributed by atoms with Gasteiger partial charge < -0.3 is 4.90 Å². The maximum Gasteiger partial charge on any atom is 0.153 e. The van der Waals surface area contributed by atoms with E-state index in [4.69, 9.17) is 34.8 Å². The number of benzene rings is 3. The Morgan fingerprint density at radius 2 is 1.57 bits per heavy atom. The van der Waals surface area contributed by atoms with E-state index < -0.39 is 9.84 Å². The molecule has 1 aliphatic carbocycles. The van der Waals surface area contributed by atoms with Crippen LogP contribution in [0.5, 0.6) is 0 Å². The van der Waals surface area contributed by atoms with Crippen LogP contribution in [0.3, 0.4) is 0 Å². The summed E-state index contributed by atoms with van der Waals surface area (Å²) in [7, 11) is -3.20. The van der Waals surface area contributed by atoms with Gasteiger partial charge in [-0.15, -0.1) is 0 Å². The maximum absolute atomic E-state index is 13.7. The van der Waals surface area contributed by atoms with E-state index >= 15 is 0 Å². The van der Waals surface area contributed by atoms with Crippen molar-refractivity contribution < 1.29 is 12.8 Å². The first-order chi connectivity index (χ1) is 17.7. The van der Waals surface area contributed by atoms with E-state index in [9.17, 15) is 12.8 Å². The van der Waals surface area contributed by atoms with E-state index in [2.05, 4.69) is 9.80 Å². The van der Waals surface area contributed by atoms with E-state index in [0.717, 1.165) is 36.2 Å². The lowest BCUT2D eigenvalue weighted by Crippen LogP contribution is -2.50. The molecule has 196 valence electrons. The predicted molar refractivity (Wildman–Crippen MR) is 150 cm³/mol. The number of nitrogens with zero attached hydrogens (tertiary/aromatic N) is 2. The van der Waals surface area contributed by atoms with Gasteiger partial charge in [-0.05, 0) is 66.4 Å². The number of hydrogen-bond acceptors (Lipinski definition) is 4. The zero-order chi connectivity index (χ0) is 26.2. The number of rotatable bonds is 8.